The number of carbonyl (C=O) groups excluding carboxylic acids is 1. The molecule has 7 nitrogen and oxygen atoms in total. The highest BCUT2D eigenvalue weighted by atomic mass is 19.1. The smallest absolute Gasteiger partial charge is 0.241 e. The molecule has 2 aliphatic heterocycles. The molecule has 0 saturated carbocycles. The van der Waals surface area contributed by atoms with Crippen LogP contribution in [0.1, 0.15) is 31.5 Å². The zero-order valence-corrected chi connectivity index (χ0v) is 14.4. The number of hydrogen-bond acceptors (Lipinski definition) is 5. The summed E-state index contributed by atoms with van der Waals surface area (Å²) in [5.74, 6) is 0.761. The molecule has 1 saturated heterocycles. The van der Waals surface area contributed by atoms with E-state index >= 15 is 0 Å². The molecule has 138 valence electrons. The number of aliphatic hydroxyl groups excluding tert-OH is 1. The number of aryl methyl sites for hydroxylation is 1. The van der Waals surface area contributed by atoms with Crippen molar-refractivity contribution in [1.29, 1.82) is 0 Å². The van der Waals surface area contributed by atoms with E-state index in [1.807, 2.05) is 4.57 Å². The fraction of sp³-hybridized carbons (Fsp3) is 0.500. The summed E-state index contributed by atoms with van der Waals surface area (Å²) in [5.41, 5.74) is 0.837. The molecule has 8 heteroatoms. The third-order valence-electron chi connectivity index (χ3n) is 5.01. The standard InChI is InChI=1S/C18H22FN5O2/c19-14-6-5-11(21-18(26)15-9-12(25)10-20-15)8-13(14)17-23-22-16-4-2-1-3-7-24(16)17/h5-6,8,12,15,20,25H,1-4,7,9-10H2,(H,21,26). The second-order valence-electron chi connectivity index (χ2n) is 6.94. The van der Waals surface area contributed by atoms with Crippen molar-refractivity contribution in [2.45, 2.75) is 50.8 Å². The second kappa shape index (κ2) is 7.13. The molecule has 0 aliphatic carbocycles. The number of anilines is 1. The fourth-order valence-electron chi connectivity index (χ4n) is 3.60. The Labute approximate surface area is 150 Å². The van der Waals surface area contributed by atoms with Gasteiger partial charge in [0.05, 0.1) is 17.7 Å². The number of rotatable bonds is 3. The third kappa shape index (κ3) is 3.34. The number of carbonyl (C=O) groups is 1. The molecule has 3 heterocycles. The highest BCUT2D eigenvalue weighted by Gasteiger charge is 2.28. The van der Waals surface area contributed by atoms with Crippen LogP contribution >= 0.6 is 0 Å². The van der Waals surface area contributed by atoms with E-state index in [1.165, 1.54) is 12.1 Å². The summed E-state index contributed by atoms with van der Waals surface area (Å²) in [7, 11) is 0. The minimum atomic E-state index is -0.513. The van der Waals surface area contributed by atoms with E-state index in [0.29, 0.717) is 30.0 Å². The van der Waals surface area contributed by atoms with Gasteiger partial charge in [-0.2, -0.15) is 0 Å². The van der Waals surface area contributed by atoms with Crippen LogP contribution in [0.3, 0.4) is 0 Å². The number of nitrogens with zero attached hydrogens (tertiary/aromatic N) is 3. The van der Waals surface area contributed by atoms with Crippen LogP contribution in [0.2, 0.25) is 0 Å². The average molecular weight is 359 g/mol. The Morgan fingerprint density at radius 1 is 1.31 bits per heavy atom. The van der Waals surface area contributed by atoms with Gasteiger partial charge in [0.15, 0.2) is 5.82 Å². The van der Waals surface area contributed by atoms with Gasteiger partial charge in [-0.25, -0.2) is 4.39 Å². The SMILES string of the molecule is O=C(Nc1ccc(F)c(-c2nnc3n2CCCCC3)c1)C1CC(O)CN1. The first kappa shape index (κ1) is 17.1. The molecular formula is C18H22FN5O2. The van der Waals surface area contributed by atoms with E-state index in [-0.39, 0.29) is 5.91 Å². The van der Waals surface area contributed by atoms with Crippen LogP contribution in [0, 0.1) is 5.82 Å². The van der Waals surface area contributed by atoms with E-state index in [9.17, 15) is 14.3 Å². The monoisotopic (exact) mass is 359 g/mol. The van der Waals surface area contributed by atoms with Crippen LogP contribution in [-0.2, 0) is 17.8 Å². The Bertz CT molecular complexity index is 822. The summed E-state index contributed by atoms with van der Waals surface area (Å²) in [6.45, 7) is 1.18. The maximum Gasteiger partial charge on any atom is 0.241 e. The minimum absolute atomic E-state index is 0.237. The van der Waals surface area contributed by atoms with Crippen LogP contribution in [-0.4, -0.2) is 44.5 Å². The lowest BCUT2D eigenvalue weighted by Gasteiger charge is -2.13. The van der Waals surface area contributed by atoms with Crippen LogP contribution < -0.4 is 10.6 Å². The van der Waals surface area contributed by atoms with Crippen molar-refractivity contribution < 1.29 is 14.3 Å². The number of aliphatic hydroxyl groups is 1. The summed E-state index contributed by atoms with van der Waals surface area (Å²) < 4.78 is 16.4. The van der Waals surface area contributed by atoms with Crippen molar-refractivity contribution in [3.05, 3.63) is 29.8 Å². The van der Waals surface area contributed by atoms with E-state index in [2.05, 4.69) is 20.8 Å². The summed E-state index contributed by atoms with van der Waals surface area (Å²) in [5, 5.41) is 23.7. The maximum absolute atomic E-state index is 14.5. The first-order valence-electron chi connectivity index (χ1n) is 9.06. The van der Waals surface area contributed by atoms with E-state index in [1.54, 1.807) is 6.07 Å². The predicted molar refractivity (Wildman–Crippen MR) is 94.0 cm³/mol. The zero-order chi connectivity index (χ0) is 18.1. The van der Waals surface area contributed by atoms with Gasteiger partial charge in [-0.3, -0.25) is 4.79 Å². The zero-order valence-electron chi connectivity index (χ0n) is 14.4. The summed E-state index contributed by atoms with van der Waals surface area (Å²) in [4.78, 5) is 12.3. The van der Waals surface area contributed by atoms with Gasteiger partial charge >= 0.3 is 0 Å². The molecule has 3 N–H and O–H groups in total. The van der Waals surface area contributed by atoms with E-state index in [4.69, 9.17) is 0 Å². The van der Waals surface area contributed by atoms with Crippen LogP contribution in [0.5, 0.6) is 0 Å². The summed E-state index contributed by atoms with van der Waals surface area (Å²) in [6, 6.07) is 4.02. The molecular weight excluding hydrogens is 337 g/mol. The van der Waals surface area contributed by atoms with Gasteiger partial charge in [0.1, 0.15) is 11.6 Å². The second-order valence-corrected chi connectivity index (χ2v) is 6.94. The molecule has 2 aromatic rings. The van der Waals surface area contributed by atoms with Crippen LogP contribution in [0.25, 0.3) is 11.4 Å². The first-order chi connectivity index (χ1) is 12.6. The molecule has 0 spiro atoms. The van der Waals surface area contributed by atoms with Gasteiger partial charge in [0.25, 0.3) is 0 Å². The number of hydrogen-bond donors (Lipinski definition) is 3. The molecule has 4 rings (SSSR count). The van der Waals surface area contributed by atoms with E-state index < -0.39 is 18.0 Å². The highest BCUT2D eigenvalue weighted by molar-refractivity contribution is 5.95. The number of nitrogens with one attached hydrogen (secondary N) is 2. The summed E-state index contributed by atoms with van der Waals surface area (Å²) >= 11 is 0. The van der Waals surface area contributed by atoms with Crippen molar-refractivity contribution in [2.24, 2.45) is 0 Å². The van der Waals surface area contributed by atoms with Gasteiger partial charge in [0, 0.05) is 25.2 Å². The summed E-state index contributed by atoms with van der Waals surface area (Å²) in [6.07, 6.45) is 3.92. The molecule has 2 atom stereocenters. The molecule has 26 heavy (non-hydrogen) atoms. The third-order valence-corrected chi connectivity index (χ3v) is 5.01. The molecule has 1 fully saturated rings. The number of halogens is 1. The lowest BCUT2D eigenvalue weighted by Crippen LogP contribution is -2.35. The largest absolute Gasteiger partial charge is 0.392 e. The van der Waals surface area contributed by atoms with Gasteiger partial charge in [-0.05, 0) is 37.5 Å². The average Bonchev–Trinajstić information content (AvgIpc) is 3.16. The molecule has 0 bridgehead atoms. The van der Waals surface area contributed by atoms with Crippen molar-refractivity contribution >= 4 is 11.6 Å². The normalized spacial score (nSPS) is 22.7. The Balaban J connectivity index is 1.59. The minimum Gasteiger partial charge on any atom is -0.392 e. The lowest BCUT2D eigenvalue weighted by atomic mass is 10.1. The van der Waals surface area contributed by atoms with Crippen molar-refractivity contribution in [1.82, 2.24) is 20.1 Å². The van der Waals surface area contributed by atoms with Gasteiger partial charge in [0.2, 0.25) is 5.91 Å². The molecule has 1 aromatic carbocycles. The van der Waals surface area contributed by atoms with Gasteiger partial charge in [-0.1, -0.05) is 6.42 Å². The molecule has 1 aromatic heterocycles. The molecule has 1 amide bonds. The quantitative estimate of drug-likeness (QED) is 0.772. The topological polar surface area (TPSA) is 92.1 Å². The van der Waals surface area contributed by atoms with E-state index in [0.717, 1.165) is 38.1 Å². The number of benzene rings is 1. The molecule has 0 radical (unpaired) electrons. The van der Waals surface area contributed by atoms with Gasteiger partial charge < -0.3 is 20.3 Å². The Morgan fingerprint density at radius 2 is 2.19 bits per heavy atom. The fourth-order valence-corrected chi connectivity index (χ4v) is 3.60. The Hall–Kier alpha value is -2.32. The first-order valence-corrected chi connectivity index (χ1v) is 9.06. The number of amides is 1. The van der Waals surface area contributed by atoms with Crippen molar-refractivity contribution in [3.63, 3.8) is 0 Å². The maximum atomic E-state index is 14.5. The number of fused-ring (bicyclic) bond motifs is 1. The lowest BCUT2D eigenvalue weighted by molar-refractivity contribution is -0.117. The molecule has 2 unspecified atom stereocenters. The Morgan fingerprint density at radius 3 is 3.00 bits per heavy atom. The number of aromatic nitrogens is 3. The van der Waals surface area contributed by atoms with Gasteiger partial charge in [-0.15, -0.1) is 10.2 Å². The Kier molecular flexibility index (Phi) is 4.69. The molecule has 2 aliphatic rings. The van der Waals surface area contributed by atoms with Crippen LogP contribution in [0.4, 0.5) is 10.1 Å². The van der Waals surface area contributed by atoms with Crippen molar-refractivity contribution in [2.75, 3.05) is 11.9 Å². The van der Waals surface area contributed by atoms with Crippen LogP contribution in [0.15, 0.2) is 18.2 Å². The number of β-amino-alcohol motifs (C(OH)–C–C–N with tert-alkyl or cyclic N) is 1. The highest BCUT2D eigenvalue weighted by Crippen LogP contribution is 2.27. The predicted octanol–water partition coefficient (Wildman–Crippen LogP) is 1.47. The van der Waals surface area contributed by atoms with Crippen molar-refractivity contribution in [3.8, 4) is 11.4 Å².